The molecule has 138 valence electrons. The average Bonchev–Trinajstić information content (AvgIpc) is 2.65. The lowest BCUT2D eigenvalue weighted by Crippen LogP contribution is -2.01. The number of aromatic hydroxyl groups is 1. The second kappa shape index (κ2) is 9.10. The molecule has 0 fully saturated rings. The molecule has 7 heteroatoms. The van der Waals surface area contributed by atoms with Gasteiger partial charge < -0.3 is 9.84 Å². The van der Waals surface area contributed by atoms with E-state index in [2.05, 4.69) is 0 Å². The van der Waals surface area contributed by atoms with Crippen LogP contribution in [0.5, 0.6) is 11.5 Å². The molecule has 2 aromatic rings. The van der Waals surface area contributed by atoms with Crippen molar-refractivity contribution in [2.24, 2.45) is 0 Å². The van der Waals surface area contributed by atoms with Crippen LogP contribution in [0.4, 0.5) is 5.69 Å². The Balaban J connectivity index is 1.97. The third-order valence-corrected chi connectivity index (χ3v) is 3.57. The van der Waals surface area contributed by atoms with E-state index in [4.69, 9.17) is 4.74 Å². The molecule has 7 nitrogen and oxygen atoms in total. The van der Waals surface area contributed by atoms with E-state index in [1.165, 1.54) is 55.7 Å². The van der Waals surface area contributed by atoms with Crippen LogP contribution in [0.15, 0.2) is 54.6 Å². The Bertz CT molecular complexity index is 913. The Hall–Kier alpha value is -3.74. The van der Waals surface area contributed by atoms with Gasteiger partial charge >= 0.3 is 5.69 Å². The van der Waals surface area contributed by atoms with Crippen molar-refractivity contribution in [3.05, 3.63) is 75.9 Å². The molecule has 0 radical (unpaired) electrons. The first-order valence-corrected chi connectivity index (χ1v) is 7.92. The van der Waals surface area contributed by atoms with Gasteiger partial charge in [-0.25, -0.2) is 0 Å². The summed E-state index contributed by atoms with van der Waals surface area (Å²) in [5.74, 6) is -0.546. The minimum atomic E-state index is -0.559. The lowest BCUT2D eigenvalue weighted by Gasteiger charge is -2.02. The number of nitro benzene ring substituents is 1. The molecule has 0 bridgehead atoms. The van der Waals surface area contributed by atoms with Crippen LogP contribution in [-0.2, 0) is 9.59 Å². The quantitative estimate of drug-likeness (QED) is 0.331. The molecule has 0 aromatic heterocycles. The number of ketones is 2. The van der Waals surface area contributed by atoms with Crippen molar-refractivity contribution in [1.29, 1.82) is 0 Å². The molecule has 0 saturated carbocycles. The number of hydrogen-bond donors (Lipinski definition) is 1. The van der Waals surface area contributed by atoms with Crippen molar-refractivity contribution in [2.75, 3.05) is 7.11 Å². The smallest absolute Gasteiger partial charge is 0.310 e. The summed E-state index contributed by atoms with van der Waals surface area (Å²) < 4.78 is 4.96. The van der Waals surface area contributed by atoms with E-state index in [0.29, 0.717) is 5.56 Å². The fourth-order valence-corrected chi connectivity index (χ4v) is 2.20. The van der Waals surface area contributed by atoms with Gasteiger partial charge in [-0.15, -0.1) is 0 Å². The van der Waals surface area contributed by atoms with Gasteiger partial charge in [-0.2, -0.15) is 0 Å². The molecule has 0 spiro atoms. The van der Waals surface area contributed by atoms with Gasteiger partial charge in [0.05, 0.1) is 18.5 Å². The number of phenolic OH excluding ortho intramolecular Hbond substituents is 1. The summed E-state index contributed by atoms with van der Waals surface area (Å²) in [5, 5.41) is 20.1. The lowest BCUT2D eigenvalue weighted by atomic mass is 10.1. The zero-order valence-corrected chi connectivity index (χ0v) is 14.5. The number of benzene rings is 2. The minimum absolute atomic E-state index is 0.0857. The Morgan fingerprint density at radius 3 is 2.15 bits per heavy atom. The molecular formula is C20H17NO6. The Morgan fingerprint density at radius 1 is 1.04 bits per heavy atom. The van der Waals surface area contributed by atoms with Crippen LogP contribution in [0.1, 0.15) is 17.5 Å². The molecule has 27 heavy (non-hydrogen) atoms. The summed E-state index contributed by atoms with van der Waals surface area (Å²) >= 11 is 0. The largest absolute Gasteiger partial charge is 0.508 e. The summed E-state index contributed by atoms with van der Waals surface area (Å²) in [5.41, 5.74) is 1.09. The van der Waals surface area contributed by atoms with Crippen molar-refractivity contribution in [3.8, 4) is 11.5 Å². The van der Waals surface area contributed by atoms with Gasteiger partial charge in [0, 0.05) is 6.07 Å². The van der Waals surface area contributed by atoms with Crippen LogP contribution in [0, 0.1) is 10.1 Å². The van der Waals surface area contributed by atoms with Gasteiger partial charge in [0.15, 0.2) is 17.3 Å². The lowest BCUT2D eigenvalue weighted by molar-refractivity contribution is -0.385. The van der Waals surface area contributed by atoms with E-state index in [1.807, 2.05) is 0 Å². The summed E-state index contributed by atoms with van der Waals surface area (Å²) in [4.78, 5) is 34.0. The summed E-state index contributed by atoms with van der Waals surface area (Å²) in [6.07, 6.45) is 5.26. The molecule has 0 amide bonds. The van der Waals surface area contributed by atoms with Crippen molar-refractivity contribution < 1.29 is 24.4 Å². The van der Waals surface area contributed by atoms with E-state index < -0.39 is 10.7 Å². The maximum Gasteiger partial charge on any atom is 0.310 e. The first-order valence-electron chi connectivity index (χ1n) is 7.92. The van der Waals surface area contributed by atoms with Crippen LogP contribution >= 0.6 is 0 Å². The second-order valence-corrected chi connectivity index (χ2v) is 5.56. The zero-order valence-electron chi connectivity index (χ0n) is 14.5. The molecule has 0 aliphatic rings. The van der Waals surface area contributed by atoms with E-state index in [0.717, 1.165) is 5.56 Å². The number of rotatable bonds is 8. The molecule has 0 unspecified atom stereocenters. The SMILES string of the molecule is COc1cc(C=CC(=O)CC(=O)C=Cc2ccc(O)cc2)ccc1[N+](=O)[O-]. The second-order valence-electron chi connectivity index (χ2n) is 5.56. The van der Waals surface area contributed by atoms with Crippen molar-refractivity contribution in [3.63, 3.8) is 0 Å². The molecular weight excluding hydrogens is 350 g/mol. The minimum Gasteiger partial charge on any atom is -0.508 e. The van der Waals surface area contributed by atoms with Gasteiger partial charge in [-0.05, 0) is 47.5 Å². The standard InChI is InChI=1S/C20H17NO6/c1-27-20-12-15(6-11-19(20)21(25)26)5-10-18(24)13-17(23)9-4-14-2-7-16(22)8-3-14/h2-12,22H,13H2,1H3. The fraction of sp³-hybridized carbons (Fsp3) is 0.100. The zero-order chi connectivity index (χ0) is 19.8. The van der Waals surface area contributed by atoms with Crippen molar-refractivity contribution >= 4 is 29.4 Å². The predicted molar refractivity (Wildman–Crippen MR) is 100 cm³/mol. The number of allylic oxidation sites excluding steroid dienone is 2. The number of phenols is 1. The first-order chi connectivity index (χ1) is 12.9. The fourth-order valence-electron chi connectivity index (χ4n) is 2.20. The number of carbonyl (C=O) groups is 2. The summed E-state index contributed by atoms with van der Waals surface area (Å²) in [7, 11) is 1.32. The third kappa shape index (κ3) is 5.93. The Labute approximate surface area is 155 Å². The normalized spacial score (nSPS) is 11.0. The third-order valence-electron chi connectivity index (χ3n) is 3.57. The number of nitro groups is 1. The monoisotopic (exact) mass is 367 g/mol. The molecule has 0 saturated heterocycles. The van der Waals surface area contributed by atoms with Gasteiger partial charge in [0.1, 0.15) is 5.75 Å². The maximum atomic E-state index is 11.9. The number of nitrogens with zero attached hydrogens (tertiary/aromatic N) is 1. The molecule has 0 atom stereocenters. The van der Waals surface area contributed by atoms with Gasteiger partial charge in [-0.3, -0.25) is 19.7 Å². The first kappa shape index (κ1) is 19.6. The number of hydrogen-bond acceptors (Lipinski definition) is 6. The highest BCUT2D eigenvalue weighted by molar-refractivity contribution is 6.10. The topological polar surface area (TPSA) is 107 Å². The molecule has 0 aliphatic heterocycles. The summed E-state index contributed by atoms with van der Waals surface area (Å²) in [6, 6.07) is 10.5. The highest BCUT2D eigenvalue weighted by Crippen LogP contribution is 2.27. The Kier molecular flexibility index (Phi) is 6.60. The molecule has 1 N–H and O–H groups in total. The molecule has 0 aliphatic carbocycles. The molecule has 2 rings (SSSR count). The summed E-state index contributed by atoms with van der Waals surface area (Å²) in [6.45, 7) is 0. The number of carbonyl (C=O) groups excluding carboxylic acids is 2. The van der Waals surface area contributed by atoms with Crippen LogP contribution in [0.25, 0.3) is 12.2 Å². The van der Waals surface area contributed by atoms with Crippen molar-refractivity contribution in [2.45, 2.75) is 6.42 Å². The van der Waals surface area contributed by atoms with E-state index in [1.54, 1.807) is 18.2 Å². The van der Waals surface area contributed by atoms with E-state index >= 15 is 0 Å². The molecule has 0 heterocycles. The van der Waals surface area contributed by atoms with Gasteiger partial charge in [-0.1, -0.05) is 24.3 Å². The van der Waals surface area contributed by atoms with Crippen molar-refractivity contribution in [1.82, 2.24) is 0 Å². The van der Waals surface area contributed by atoms with Crippen LogP contribution < -0.4 is 4.74 Å². The number of methoxy groups -OCH3 is 1. The van der Waals surface area contributed by atoms with Crippen LogP contribution in [-0.4, -0.2) is 28.7 Å². The van der Waals surface area contributed by atoms with Gasteiger partial charge in [0.2, 0.25) is 0 Å². The average molecular weight is 367 g/mol. The van der Waals surface area contributed by atoms with E-state index in [-0.39, 0.29) is 29.4 Å². The highest BCUT2D eigenvalue weighted by Gasteiger charge is 2.14. The molecule has 2 aromatic carbocycles. The highest BCUT2D eigenvalue weighted by atomic mass is 16.6. The Morgan fingerprint density at radius 2 is 1.59 bits per heavy atom. The maximum absolute atomic E-state index is 11.9. The van der Waals surface area contributed by atoms with Crippen LogP contribution in [0.3, 0.4) is 0 Å². The number of ether oxygens (including phenoxy) is 1. The van der Waals surface area contributed by atoms with Crippen LogP contribution in [0.2, 0.25) is 0 Å². The predicted octanol–water partition coefficient (Wildman–Crippen LogP) is 3.56. The van der Waals surface area contributed by atoms with E-state index in [9.17, 15) is 24.8 Å². The van der Waals surface area contributed by atoms with Gasteiger partial charge in [0.25, 0.3) is 0 Å².